The fourth-order valence-electron chi connectivity index (χ4n) is 8.03. The molecule has 0 amide bonds. The summed E-state index contributed by atoms with van der Waals surface area (Å²) in [6.07, 6.45) is 83.4. The Bertz CT molecular complexity index is 1540. The molecule has 1 unspecified atom stereocenters. The Balaban J connectivity index is 4.31. The number of carbonyl (C=O) groups is 3. The van der Waals surface area contributed by atoms with Crippen molar-refractivity contribution in [3.05, 3.63) is 122 Å². The van der Waals surface area contributed by atoms with E-state index in [2.05, 4.69) is 142 Å². The molecular weight excluding hydrogens is 901 g/mol. The minimum absolute atomic E-state index is 0.0889. The molecule has 6 nitrogen and oxygen atoms in total. The van der Waals surface area contributed by atoms with E-state index >= 15 is 0 Å². The lowest BCUT2D eigenvalue weighted by atomic mass is 10.1. The highest BCUT2D eigenvalue weighted by Gasteiger charge is 2.19. The Kier molecular flexibility index (Phi) is 56.9. The van der Waals surface area contributed by atoms with E-state index in [9.17, 15) is 14.4 Å². The van der Waals surface area contributed by atoms with Crippen molar-refractivity contribution < 1.29 is 28.6 Å². The normalized spacial score (nSPS) is 13.0. The standard InChI is InChI=1S/C67H110O6/c1-4-7-10-13-16-19-22-24-26-27-28-29-30-31-32-33-34-35-36-37-38-39-41-42-45-48-51-54-57-60-66(69)72-63-64(62-71-65(68)59-56-53-50-47-44-21-18-15-12-9-6-3)73-67(70)61-58-55-52-49-46-43-40-25-23-20-17-14-11-8-5-2/h7-8,10-11,16-17,19-20,24-26,28-29,31-32,34-35,37-38,40,64H,4-6,9,12-15,18,21-23,27,30,33,36,39,41-63H2,1-3H3/b10-7-,11-8-,19-16-,20-17-,26-24-,29-28-,32-31-,35-34-,38-37-,40-25-. The summed E-state index contributed by atoms with van der Waals surface area (Å²) in [4.78, 5) is 38.1. The monoisotopic (exact) mass is 1010 g/mol. The van der Waals surface area contributed by atoms with Gasteiger partial charge in [-0.05, 0) is 109 Å². The third-order valence-corrected chi connectivity index (χ3v) is 12.5. The first-order valence-electron chi connectivity index (χ1n) is 30.0. The lowest BCUT2D eigenvalue weighted by molar-refractivity contribution is -0.167. The number of unbranched alkanes of at least 4 members (excludes halogenated alkanes) is 22. The maximum atomic E-state index is 12.8. The summed E-state index contributed by atoms with van der Waals surface area (Å²) >= 11 is 0. The van der Waals surface area contributed by atoms with Crippen molar-refractivity contribution in [2.75, 3.05) is 13.2 Å². The largest absolute Gasteiger partial charge is 0.462 e. The average Bonchev–Trinajstić information content (AvgIpc) is 3.39. The maximum Gasteiger partial charge on any atom is 0.306 e. The fourth-order valence-corrected chi connectivity index (χ4v) is 8.03. The SMILES string of the molecule is CC/C=C\C/C=C\C/C=C\C/C=C\C/C=C\C/C=C\C/C=C\CCCCCCCCCC(=O)OCC(COC(=O)CCCCCCCCCCCCC)OC(=O)CCCCCCC/C=C\C/C=C\C/C=C\CC. The molecule has 0 radical (unpaired) electrons. The van der Waals surface area contributed by atoms with Gasteiger partial charge in [-0.1, -0.05) is 258 Å². The van der Waals surface area contributed by atoms with Gasteiger partial charge in [0.05, 0.1) is 0 Å². The molecule has 0 bridgehead atoms. The molecule has 0 saturated carbocycles. The molecule has 0 aromatic heterocycles. The van der Waals surface area contributed by atoms with Gasteiger partial charge < -0.3 is 14.2 Å². The van der Waals surface area contributed by atoms with Crippen LogP contribution in [0.3, 0.4) is 0 Å². The van der Waals surface area contributed by atoms with E-state index in [1.54, 1.807) is 0 Å². The predicted molar refractivity (Wildman–Crippen MR) is 316 cm³/mol. The van der Waals surface area contributed by atoms with Crippen molar-refractivity contribution in [3.63, 3.8) is 0 Å². The van der Waals surface area contributed by atoms with Gasteiger partial charge in [-0.15, -0.1) is 0 Å². The number of hydrogen-bond donors (Lipinski definition) is 0. The summed E-state index contributed by atoms with van der Waals surface area (Å²) in [5.41, 5.74) is 0. The van der Waals surface area contributed by atoms with Crippen LogP contribution in [0, 0.1) is 0 Å². The first-order chi connectivity index (χ1) is 36.0. The van der Waals surface area contributed by atoms with Crippen molar-refractivity contribution in [2.45, 2.75) is 271 Å². The first-order valence-corrected chi connectivity index (χ1v) is 30.0. The smallest absolute Gasteiger partial charge is 0.306 e. The van der Waals surface area contributed by atoms with Crippen molar-refractivity contribution in [3.8, 4) is 0 Å². The molecule has 0 spiro atoms. The Labute approximate surface area is 450 Å². The minimum atomic E-state index is -0.793. The van der Waals surface area contributed by atoms with Gasteiger partial charge in [0.2, 0.25) is 0 Å². The molecule has 73 heavy (non-hydrogen) atoms. The second-order valence-electron chi connectivity index (χ2n) is 19.5. The zero-order valence-electron chi connectivity index (χ0n) is 47.4. The highest BCUT2D eigenvalue weighted by Crippen LogP contribution is 2.15. The number of hydrogen-bond acceptors (Lipinski definition) is 6. The summed E-state index contributed by atoms with van der Waals surface area (Å²) in [6.45, 7) is 6.38. The summed E-state index contributed by atoms with van der Waals surface area (Å²) in [6, 6.07) is 0. The summed E-state index contributed by atoms with van der Waals surface area (Å²) < 4.78 is 16.8. The van der Waals surface area contributed by atoms with E-state index in [0.717, 1.165) is 148 Å². The maximum absolute atomic E-state index is 12.8. The van der Waals surface area contributed by atoms with Gasteiger partial charge in [-0.2, -0.15) is 0 Å². The van der Waals surface area contributed by atoms with Crippen molar-refractivity contribution >= 4 is 17.9 Å². The van der Waals surface area contributed by atoms with Gasteiger partial charge in [0.1, 0.15) is 13.2 Å². The molecule has 0 aliphatic rings. The molecule has 0 aromatic rings. The quantitative estimate of drug-likeness (QED) is 0.0261. The van der Waals surface area contributed by atoms with E-state index in [4.69, 9.17) is 14.2 Å². The first kappa shape index (κ1) is 68.8. The molecule has 0 rings (SSSR count). The van der Waals surface area contributed by atoms with Gasteiger partial charge in [0.15, 0.2) is 6.10 Å². The van der Waals surface area contributed by atoms with Gasteiger partial charge in [-0.3, -0.25) is 14.4 Å². The average molecular weight is 1010 g/mol. The molecule has 6 heteroatoms. The fraction of sp³-hybridized carbons (Fsp3) is 0.657. The summed E-state index contributed by atoms with van der Waals surface area (Å²) in [5, 5.41) is 0. The molecule has 0 aliphatic carbocycles. The molecule has 0 saturated heterocycles. The van der Waals surface area contributed by atoms with Crippen LogP contribution < -0.4 is 0 Å². The van der Waals surface area contributed by atoms with Gasteiger partial charge in [-0.25, -0.2) is 0 Å². The number of allylic oxidation sites excluding steroid dienone is 20. The van der Waals surface area contributed by atoms with Crippen LogP contribution in [-0.2, 0) is 28.6 Å². The topological polar surface area (TPSA) is 78.9 Å². The molecular formula is C67H110O6. The highest BCUT2D eigenvalue weighted by atomic mass is 16.6. The molecule has 0 fully saturated rings. The highest BCUT2D eigenvalue weighted by molar-refractivity contribution is 5.71. The number of ether oxygens (including phenoxy) is 3. The molecule has 0 N–H and O–H groups in total. The van der Waals surface area contributed by atoms with Crippen LogP contribution in [0.5, 0.6) is 0 Å². The minimum Gasteiger partial charge on any atom is -0.462 e. The van der Waals surface area contributed by atoms with Crippen LogP contribution in [0.4, 0.5) is 0 Å². The third-order valence-electron chi connectivity index (χ3n) is 12.5. The summed E-state index contributed by atoms with van der Waals surface area (Å²) in [7, 11) is 0. The van der Waals surface area contributed by atoms with Crippen LogP contribution in [0.1, 0.15) is 265 Å². The molecule has 0 aliphatic heterocycles. The molecule has 0 aromatic carbocycles. The van der Waals surface area contributed by atoms with Crippen molar-refractivity contribution in [1.82, 2.24) is 0 Å². The Morgan fingerprint density at radius 1 is 0.288 bits per heavy atom. The lowest BCUT2D eigenvalue weighted by Crippen LogP contribution is -2.30. The van der Waals surface area contributed by atoms with Crippen molar-refractivity contribution in [2.24, 2.45) is 0 Å². The van der Waals surface area contributed by atoms with Crippen LogP contribution >= 0.6 is 0 Å². The number of esters is 3. The van der Waals surface area contributed by atoms with Crippen LogP contribution in [0.15, 0.2) is 122 Å². The van der Waals surface area contributed by atoms with E-state index in [-0.39, 0.29) is 31.1 Å². The van der Waals surface area contributed by atoms with E-state index in [1.807, 2.05) is 0 Å². The van der Waals surface area contributed by atoms with Crippen LogP contribution in [0.25, 0.3) is 0 Å². The van der Waals surface area contributed by atoms with Crippen LogP contribution in [-0.4, -0.2) is 37.2 Å². The second kappa shape index (κ2) is 60.4. The van der Waals surface area contributed by atoms with E-state index in [0.29, 0.717) is 19.3 Å². The van der Waals surface area contributed by atoms with E-state index < -0.39 is 6.10 Å². The third kappa shape index (κ3) is 58.6. The summed E-state index contributed by atoms with van der Waals surface area (Å²) in [5.74, 6) is -0.918. The number of rotatable bonds is 53. The van der Waals surface area contributed by atoms with Gasteiger partial charge in [0.25, 0.3) is 0 Å². The van der Waals surface area contributed by atoms with Gasteiger partial charge >= 0.3 is 17.9 Å². The zero-order chi connectivity index (χ0) is 52.9. The Morgan fingerprint density at radius 3 is 0.836 bits per heavy atom. The second-order valence-corrected chi connectivity index (χ2v) is 19.5. The van der Waals surface area contributed by atoms with E-state index in [1.165, 1.54) is 77.0 Å². The predicted octanol–water partition coefficient (Wildman–Crippen LogP) is 20.4. The Hall–Kier alpha value is -4.19. The number of carbonyl (C=O) groups excluding carboxylic acids is 3. The van der Waals surface area contributed by atoms with Gasteiger partial charge in [0, 0.05) is 19.3 Å². The molecule has 1 atom stereocenters. The molecule has 0 heterocycles. The lowest BCUT2D eigenvalue weighted by Gasteiger charge is -2.18. The van der Waals surface area contributed by atoms with Crippen LogP contribution in [0.2, 0.25) is 0 Å². The molecule has 414 valence electrons. The Morgan fingerprint density at radius 2 is 0.534 bits per heavy atom. The van der Waals surface area contributed by atoms with Crippen molar-refractivity contribution in [1.29, 1.82) is 0 Å². The zero-order valence-corrected chi connectivity index (χ0v) is 47.4.